The van der Waals surface area contributed by atoms with Crippen molar-refractivity contribution in [2.75, 3.05) is 28.3 Å². The Bertz CT molecular complexity index is 1180. The lowest BCUT2D eigenvalue weighted by atomic mass is 10.2. The fourth-order valence-corrected chi connectivity index (χ4v) is 3.47. The Morgan fingerprint density at radius 3 is 2.25 bits per heavy atom. The first-order valence-corrected chi connectivity index (χ1v) is 10.6. The largest absolute Gasteiger partial charge is 0.315 e. The molecule has 0 saturated carbocycles. The molecule has 0 atom stereocenters. The number of benzene rings is 2. The third-order valence-corrected chi connectivity index (χ3v) is 5.17. The number of aromatic amines is 1. The lowest BCUT2D eigenvalue weighted by Gasteiger charge is -2.17. The fraction of sp³-hybridized carbons (Fsp3) is 0.136. The van der Waals surface area contributed by atoms with Crippen LogP contribution >= 0.6 is 11.8 Å². The Balaban J connectivity index is 1.78. The average molecular weight is 452 g/mol. The van der Waals surface area contributed by atoms with E-state index in [0.717, 1.165) is 17.4 Å². The van der Waals surface area contributed by atoms with Gasteiger partial charge in [-0.05, 0) is 24.3 Å². The van der Waals surface area contributed by atoms with E-state index in [4.69, 9.17) is 0 Å². The third-order valence-electron chi connectivity index (χ3n) is 4.32. The van der Waals surface area contributed by atoms with Crippen LogP contribution in [0.25, 0.3) is 0 Å². The van der Waals surface area contributed by atoms with E-state index < -0.39 is 17.4 Å². The molecule has 9 nitrogen and oxygen atoms in total. The third kappa shape index (κ3) is 5.82. The van der Waals surface area contributed by atoms with Gasteiger partial charge in [0.05, 0.1) is 5.75 Å². The quantitative estimate of drug-likeness (QED) is 0.375. The van der Waals surface area contributed by atoms with Crippen molar-refractivity contribution in [1.82, 2.24) is 9.97 Å². The molecule has 0 aliphatic carbocycles. The average Bonchev–Trinajstić information content (AvgIpc) is 2.79. The fourth-order valence-electron chi connectivity index (χ4n) is 2.69. The van der Waals surface area contributed by atoms with E-state index in [-0.39, 0.29) is 28.3 Å². The van der Waals surface area contributed by atoms with Crippen molar-refractivity contribution in [3.05, 3.63) is 76.6 Å². The van der Waals surface area contributed by atoms with E-state index in [1.807, 2.05) is 30.3 Å². The summed E-state index contributed by atoms with van der Waals surface area (Å²) < 4.78 is 0. The molecular weight excluding hydrogens is 430 g/mol. The molecule has 3 amide bonds. The van der Waals surface area contributed by atoms with Gasteiger partial charge in [-0.2, -0.15) is 0 Å². The number of amides is 3. The van der Waals surface area contributed by atoms with E-state index >= 15 is 0 Å². The second-order valence-corrected chi connectivity index (χ2v) is 7.64. The zero-order valence-electron chi connectivity index (χ0n) is 17.4. The molecule has 3 N–H and O–H groups in total. The molecule has 0 spiro atoms. The number of anilines is 3. The number of thioether (sulfide) groups is 1. The van der Waals surface area contributed by atoms with Crippen LogP contribution < -0.4 is 21.1 Å². The number of carbonyl (C=O) groups is 3. The molecule has 1 heterocycles. The number of nitrogens with zero attached hydrogens (tertiary/aromatic N) is 2. The Morgan fingerprint density at radius 2 is 1.62 bits per heavy atom. The molecular formula is C22H21N5O4S. The summed E-state index contributed by atoms with van der Waals surface area (Å²) in [5.74, 6) is -1.29. The molecule has 0 unspecified atom stereocenters. The highest BCUT2D eigenvalue weighted by Crippen LogP contribution is 2.21. The minimum absolute atomic E-state index is 0.00354. The van der Waals surface area contributed by atoms with Crippen LogP contribution in [0.15, 0.2) is 70.6 Å². The molecule has 164 valence electrons. The summed E-state index contributed by atoms with van der Waals surface area (Å²) in [6.07, 6.45) is 0. The maximum Gasteiger partial charge on any atom is 0.277 e. The summed E-state index contributed by atoms with van der Waals surface area (Å²) in [4.78, 5) is 57.4. The summed E-state index contributed by atoms with van der Waals surface area (Å²) >= 11 is 1.01. The summed E-state index contributed by atoms with van der Waals surface area (Å²) in [5.41, 5.74) is 0.233. The number of rotatable bonds is 7. The summed E-state index contributed by atoms with van der Waals surface area (Å²) in [5, 5.41) is 5.07. The highest BCUT2D eigenvalue weighted by atomic mass is 32.2. The molecule has 3 aromatic rings. The van der Waals surface area contributed by atoms with Gasteiger partial charge < -0.3 is 15.5 Å². The number of hydrogen-bond donors (Lipinski definition) is 3. The zero-order chi connectivity index (χ0) is 23.1. The number of hydrogen-bond acceptors (Lipinski definition) is 6. The molecule has 32 heavy (non-hydrogen) atoms. The van der Waals surface area contributed by atoms with Gasteiger partial charge in [-0.15, -0.1) is 0 Å². The van der Waals surface area contributed by atoms with E-state index in [1.165, 1.54) is 11.8 Å². The van der Waals surface area contributed by atoms with Gasteiger partial charge in [0.2, 0.25) is 11.8 Å². The zero-order valence-corrected chi connectivity index (χ0v) is 18.2. The predicted octanol–water partition coefficient (Wildman–Crippen LogP) is 2.74. The van der Waals surface area contributed by atoms with Gasteiger partial charge in [0.25, 0.3) is 11.5 Å². The molecule has 0 fully saturated rings. The summed E-state index contributed by atoms with van der Waals surface area (Å²) in [6, 6.07) is 17.4. The first-order chi connectivity index (χ1) is 15.3. The topological polar surface area (TPSA) is 124 Å². The maximum atomic E-state index is 12.6. The minimum atomic E-state index is -0.653. The van der Waals surface area contributed by atoms with Crippen molar-refractivity contribution in [2.24, 2.45) is 0 Å². The summed E-state index contributed by atoms with van der Waals surface area (Å²) in [7, 11) is 1.65. The molecule has 2 aromatic carbocycles. The Hall–Kier alpha value is -3.92. The van der Waals surface area contributed by atoms with Crippen LogP contribution in [0.1, 0.15) is 17.3 Å². The second kappa shape index (κ2) is 10.4. The number of para-hydroxylation sites is 1. The van der Waals surface area contributed by atoms with Crippen LogP contribution in [0, 0.1) is 0 Å². The molecule has 0 saturated heterocycles. The summed E-state index contributed by atoms with van der Waals surface area (Å²) in [6.45, 7) is 1.26. The first-order valence-electron chi connectivity index (χ1n) is 9.58. The van der Waals surface area contributed by atoms with Crippen molar-refractivity contribution < 1.29 is 14.4 Å². The first kappa shape index (κ1) is 22.8. The molecule has 10 heteroatoms. The van der Waals surface area contributed by atoms with Gasteiger partial charge in [-0.1, -0.05) is 48.2 Å². The Labute approximate surface area is 188 Å². The molecule has 0 aliphatic heterocycles. The number of H-pyrrole nitrogens is 1. The predicted molar refractivity (Wildman–Crippen MR) is 124 cm³/mol. The maximum absolute atomic E-state index is 12.6. The monoisotopic (exact) mass is 451 g/mol. The number of nitrogens with one attached hydrogen (secondary N) is 3. The lowest BCUT2D eigenvalue weighted by Crippen LogP contribution is -2.28. The van der Waals surface area contributed by atoms with Gasteiger partial charge in [0.1, 0.15) is 0 Å². The van der Waals surface area contributed by atoms with E-state index in [1.54, 1.807) is 37.4 Å². The number of aromatic nitrogens is 2. The van der Waals surface area contributed by atoms with Gasteiger partial charge in [0, 0.05) is 25.2 Å². The molecule has 0 aliphatic rings. The van der Waals surface area contributed by atoms with Crippen molar-refractivity contribution in [3.8, 4) is 0 Å². The smallest absolute Gasteiger partial charge is 0.277 e. The molecule has 1 aromatic heterocycles. The van der Waals surface area contributed by atoms with Gasteiger partial charge >= 0.3 is 0 Å². The van der Waals surface area contributed by atoms with E-state index in [2.05, 4.69) is 20.6 Å². The van der Waals surface area contributed by atoms with Crippen LogP contribution in [-0.2, 0) is 9.59 Å². The van der Waals surface area contributed by atoms with E-state index in [0.29, 0.717) is 5.56 Å². The SMILES string of the molecule is CC(=O)Nc1nc(SCC(=O)N(C)c2ccccc2)[nH]c(=O)c1NC(=O)c1ccccc1. The standard InChI is InChI=1S/C22H21N5O4S/c1-14(28)23-19-18(24-20(30)15-9-5-3-6-10-15)21(31)26-22(25-19)32-13-17(29)27(2)16-11-7-4-8-12-16/h3-12H,13H2,1-2H3,(H,24,30)(H2,23,25,26,28,31). The normalized spacial score (nSPS) is 10.3. The molecule has 0 bridgehead atoms. The van der Waals surface area contributed by atoms with Crippen LogP contribution in [0.4, 0.5) is 17.2 Å². The molecule has 3 rings (SSSR count). The Kier molecular flexibility index (Phi) is 7.40. The lowest BCUT2D eigenvalue weighted by molar-refractivity contribution is -0.116. The van der Waals surface area contributed by atoms with Crippen LogP contribution in [0.3, 0.4) is 0 Å². The van der Waals surface area contributed by atoms with Crippen LogP contribution in [-0.4, -0.2) is 40.5 Å². The van der Waals surface area contributed by atoms with Crippen molar-refractivity contribution >= 4 is 46.7 Å². The highest BCUT2D eigenvalue weighted by molar-refractivity contribution is 7.99. The van der Waals surface area contributed by atoms with Gasteiger partial charge in [-0.3, -0.25) is 24.2 Å². The molecule has 0 radical (unpaired) electrons. The van der Waals surface area contributed by atoms with Crippen molar-refractivity contribution in [2.45, 2.75) is 12.1 Å². The minimum Gasteiger partial charge on any atom is -0.315 e. The van der Waals surface area contributed by atoms with E-state index in [9.17, 15) is 19.2 Å². The van der Waals surface area contributed by atoms with Crippen molar-refractivity contribution in [1.29, 1.82) is 0 Å². The highest BCUT2D eigenvalue weighted by Gasteiger charge is 2.18. The van der Waals surface area contributed by atoms with Gasteiger partial charge in [-0.25, -0.2) is 4.98 Å². The van der Waals surface area contributed by atoms with Crippen LogP contribution in [0.2, 0.25) is 0 Å². The van der Waals surface area contributed by atoms with Crippen LogP contribution in [0.5, 0.6) is 0 Å². The number of carbonyl (C=O) groups excluding carboxylic acids is 3. The Morgan fingerprint density at radius 1 is 1.00 bits per heavy atom. The van der Waals surface area contributed by atoms with Crippen molar-refractivity contribution in [3.63, 3.8) is 0 Å². The van der Waals surface area contributed by atoms with Gasteiger partial charge in [0.15, 0.2) is 16.7 Å². The second-order valence-electron chi connectivity index (χ2n) is 6.67.